The Hall–Kier alpha value is -4.43. The summed E-state index contributed by atoms with van der Waals surface area (Å²) in [7, 11) is 0. The molecule has 6 nitrogen and oxygen atoms in total. The van der Waals surface area contributed by atoms with Gasteiger partial charge >= 0.3 is 12.0 Å². The molecule has 5 rings (SSSR count). The smallest absolute Gasteiger partial charge is 0.336 e. The molecule has 1 aliphatic carbocycles. The lowest BCUT2D eigenvalue weighted by Gasteiger charge is -2.37. The minimum absolute atomic E-state index is 0.0105. The van der Waals surface area contributed by atoms with Gasteiger partial charge in [0, 0.05) is 17.6 Å². The van der Waals surface area contributed by atoms with Gasteiger partial charge in [-0.3, -0.25) is 0 Å². The van der Waals surface area contributed by atoms with E-state index in [4.69, 9.17) is 11.6 Å². The number of hydrogen-bond donors (Lipinski definition) is 3. The van der Waals surface area contributed by atoms with Crippen LogP contribution in [0, 0.1) is 11.6 Å². The van der Waals surface area contributed by atoms with Gasteiger partial charge in [0.2, 0.25) is 0 Å². The number of halogens is 3. The van der Waals surface area contributed by atoms with E-state index in [0.29, 0.717) is 28.5 Å². The fourth-order valence-electron chi connectivity index (χ4n) is 5.42. The fraction of sp³-hybridized carbons (Fsp3) is 0.212. The summed E-state index contributed by atoms with van der Waals surface area (Å²) in [5, 5.41) is 15.8. The van der Waals surface area contributed by atoms with Crippen LogP contribution in [0.15, 0.2) is 84.9 Å². The van der Waals surface area contributed by atoms with Crippen LogP contribution in [0.3, 0.4) is 0 Å². The molecule has 4 aromatic rings. The van der Waals surface area contributed by atoms with Gasteiger partial charge in [0.05, 0.1) is 22.6 Å². The maximum Gasteiger partial charge on any atom is 0.336 e. The number of nitrogens with zero attached hydrogens (tertiary/aromatic N) is 1. The largest absolute Gasteiger partial charge is 0.478 e. The van der Waals surface area contributed by atoms with Gasteiger partial charge < -0.3 is 20.6 Å². The quantitative estimate of drug-likeness (QED) is 0.192. The van der Waals surface area contributed by atoms with Crippen LogP contribution in [0.25, 0.3) is 11.1 Å². The van der Waals surface area contributed by atoms with Crippen LogP contribution in [0.4, 0.5) is 30.6 Å². The second-order valence-corrected chi connectivity index (χ2v) is 10.8. The van der Waals surface area contributed by atoms with Crippen LogP contribution in [-0.2, 0) is 6.54 Å². The highest BCUT2D eigenvalue weighted by Crippen LogP contribution is 2.38. The number of carbonyl (C=O) groups excluding carboxylic acids is 1. The number of para-hydroxylation sites is 1. The standard InChI is InChI=1S/C33H30ClF2N3O3/c34-23-13-10-21(11-14-23)20-39(25-6-2-1-3-7-25)31-17-12-22(27-19-24(35)15-16-26(27)32(40)41)18-30(31)38-33(42)37-29-9-5-4-8-28(29)36/h4-5,8-19,25H,1-3,6-7,20H2,(H,40,41)(H2,37,38,42). The van der Waals surface area contributed by atoms with Crippen molar-refractivity contribution in [3.63, 3.8) is 0 Å². The zero-order chi connectivity index (χ0) is 29.6. The lowest BCUT2D eigenvalue weighted by Crippen LogP contribution is -2.37. The van der Waals surface area contributed by atoms with Gasteiger partial charge in [-0.25, -0.2) is 18.4 Å². The Morgan fingerprint density at radius 2 is 1.57 bits per heavy atom. The molecule has 216 valence electrons. The zero-order valence-electron chi connectivity index (χ0n) is 22.7. The number of carbonyl (C=O) groups is 2. The highest BCUT2D eigenvalue weighted by atomic mass is 35.5. The summed E-state index contributed by atoms with van der Waals surface area (Å²) >= 11 is 6.13. The van der Waals surface area contributed by atoms with E-state index in [1.165, 1.54) is 24.3 Å². The van der Waals surface area contributed by atoms with Crippen molar-refractivity contribution in [3.05, 3.63) is 113 Å². The predicted octanol–water partition coefficient (Wildman–Crippen LogP) is 8.97. The van der Waals surface area contributed by atoms with E-state index in [-0.39, 0.29) is 22.9 Å². The van der Waals surface area contributed by atoms with Crippen molar-refractivity contribution in [1.29, 1.82) is 0 Å². The Morgan fingerprint density at radius 1 is 0.857 bits per heavy atom. The SMILES string of the molecule is O=C(Nc1ccccc1F)Nc1cc(-c2cc(F)ccc2C(=O)O)ccc1N(Cc1ccc(Cl)cc1)C1CCCCC1. The number of carboxylic acid groups (broad SMARTS) is 1. The van der Waals surface area contributed by atoms with Gasteiger partial charge in [-0.2, -0.15) is 0 Å². The Morgan fingerprint density at radius 3 is 2.29 bits per heavy atom. The van der Waals surface area contributed by atoms with Gasteiger partial charge in [-0.1, -0.05) is 61.2 Å². The second kappa shape index (κ2) is 13.0. The molecule has 2 amide bonds. The summed E-state index contributed by atoms with van der Waals surface area (Å²) in [6.45, 7) is 0.533. The molecule has 1 fully saturated rings. The van der Waals surface area contributed by atoms with E-state index in [9.17, 15) is 23.5 Å². The van der Waals surface area contributed by atoms with Gasteiger partial charge in [-0.15, -0.1) is 0 Å². The van der Waals surface area contributed by atoms with E-state index in [2.05, 4.69) is 15.5 Å². The third-order valence-corrected chi connectivity index (χ3v) is 7.73. The molecule has 0 radical (unpaired) electrons. The van der Waals surface area contributed by atoms with Crippen LogP contribution in [-0.4, -0.2) is 23.1 Å². The highest BCUT2D eigenvalue weighted by Gasteiger charge is 2.25. The Labute approximate surface area is 247 Å². The first-order valence-corrected chi connectivity index (χ1v) is 14.2. The van der Waals surface area contributed by atoms with Crippen molar-refractivity contribution in [1.82, 2.24) is 0 Å². The first-order chi connectivity index (χ1) is 20.3. The van der Waals surface area contributed by atoms with Gasteiger partial charge in [0.1, 0.15) is 11.6 Å². The van der Waals surface area contributed by atoms with E-state index in [1.54, 1.807) is 18.2 Å². The first kappa shape index (κ1) is 29.1. The lowest BCUT2D eigenvalue weighted by molar-refractivity contribution is 0.0697. The molecule has 0 unspecified atom stereocenters. The van der Waals surface area contributed by atoms with Crippen molar-refractivity contribution in [2.24, 2.45) is 0 Å². The highest BCUT2D eigenvalue weighted by molar-refractivity contribution is 6.30. The van der Waals surface area contributed by atoms with Crippen molar-refractivity contribution < 1.29 is 23.5 Å². The van der Waals surface area contributed by atoms with Crippen LogP contribution >= 0.6 is 11.6 Å². The second-order valence-electron chi connectivity index (χ2n) is 10.3. The minimum Gasteiger partial charge on any atom is -0.478 e. The maximum absolute atomic E-state index is 14.3. The lowest BCUT2D eigenvalue weighted by atomic mass is 9.92. The van der Waals surface area contributed by atoms with Gasteiger partial charge in [0.25, 0.3) is 0 Å². The maximum atomic E-state index is 14.3. The molecular formula is C33H30ClF2N3O3. The summed E-state index contributed by atoms with van der Waals surface area (Å²) in [5.41, 5.74) is 2.63. The Kier molecular flexibility index (Phi) is 9.03. The number of carboxylic acids is 1. The molecule has 4 aromatic carbocycles. The molecule has 3 N–H and O–H groups in total. The van der Waals surface area contributed by atoms with Crippen molar-refractivity contribution >= 4 is 40.7 Å². The summed E-state index contributed by atoms with van der Waals surface area (Å²) in [5.74, 6) is -2.37. The molecule has 1 aliphatic rings. The molecule has 0 aliphatic heterocycles. The summed E-state index contributed by atoms with van der Waals surface area (Å²) in [4.78, 5) is 27.4. The number of urea groups is 1. The minimum atomic E-state index is -1.20. The number of benzene rings is 4. The van der Waals surface area contributed by atoms with Gasteiger partial charge in [0.15, 0.2) is 0 Å². The summed E-state index contributed by atoms with van der Waals surface area (Å²) < 4.78 is 28.6. The molecule has 0 atom stereocenters. The number of hydrogen-bond acceptors (Lipinski definition) is 3. The van der Waals surface area contributed by atoms with Crippen LogP contribution in [0.1, 0.15) is 48.0 Å². The van der Waals surface area contributed by atoms with Crippen molar-refractivity contribution in [3.8, 4) is 11.1 Å². The topological polar surface area (TPSA) is 81.7 Å². The average molecular weight is 590 g/mol. The van der Waals surface area contributed by atoms with Crippen LogP contribution in [0.2, 0.25) is 5.02 Å². The third-order valence-electron chi connectivity index (χ3n) is 7.48. The van der Waals surface area contributed by atoms with Crippen LogP contribution < -0.4 is 15.5 Å². The number of rotatable bonds is 8. The molecule has 0 aromatic heterocycles. The Balaban J connectivity index is 1.59. The molecule has 1 saturated carbocycles. The molecule has 0 spiro atoms. The van der Waals surface area contributed by atoms with Crippen molar-refractivity contribution in [2.75, 3.05) is 15.5 Å². The van der Waals surface area contributed by atoms with Crippen molar-refractivity contribution in [2.45, 2.75) is 44.7 Å². The first-order valence-electron chi connectivity index (χ1n) is 13.8. The van der Waals surface area contributed by atoms with E-state index in [0.717, 1.165) is 49.8 Å². The van der Waals surface area contributed by atoms with Gasteiger partial charge in [-0.05, 0) is 84.1 Å². The molecule has 0 saturated heterocycles. The van der Waals surface area contributed by atoms with E-state index in [1.807, 2.05) is 30.3 Å². The third kappa shape index (κ3) is 6.89. The summed E-state index contributed by atoms with van der Waals surface area (Å²) in [6, 6.07) is 21.6. The predicted molar refractivity (Wildman–Crippen MR) is 162 cm³/mol. The molecule has 9 heteroatoms. The monoisotopic (exact) mass is 589 g/mol. The number of aromatic carboxylic acids is 1. The number of amides is 2. The molecule has 0 heterocycles. The number of anilines is 3. The molecular weight excluding hydrogens is 560 g/mol. The van der Waals surface area contributed by atoms with Crippen LogP contribution in [0.5, 0.6) is 0 Å². The fourth-order valence-corrected chi connectivity index (χ4v) is 5.55. The average Bonchev–Trinajstić information content (AvgIpc) is 2.98. The Bertz CT molecular complexity index is 1590. The number of nitrogens with one attached hydrogen (secondary N) is 2. The molecule has 42 heavy (non-hydrogen) atoms. The summed E-state index contributed by atoms with van der Waals surface area (Å²) in [6.07, 6.45) is 5.22. The normalized spacial score (nSPS) is 13.4. The zero-order valence-corrected chi connectivity index (χ0v) is 23.5. The molecule has 0 bridgehead atoms. The van der Waals surface area contributed by atoms with E-state index >= 15 is 0 Å². The van der Waals surface area contributed by atoms with E-state index < -0.39 is 23.6 Å².